The third kappa shape index (κ3) is 3.54. The lowest BCUT2D eigenvalue weighted by Crippen LogP contribution is -2.44. The van der Waals surface area contributed by atoms with Crippen LogP contribution in [0.1, 0.15) is 26.2 Å². The molecule has 1 unspecified atom stereocenters. The lowest BCUT2D eigenvalue weighted by molar-refractivity contribution is -0.132. The van der Waals surface area contributed by atoms with E-state index >= 15 is 0 Å². The van der Waals surface area contributed by atoms with Gasteiger partial charge in [-0.25, -0.2) is 10.8 Å². The number of piperidine rings is 1. The Balaban J connectivity index is 1.95. The molecule has 1 fully saturated rings. The molecule has 0 aliphatic carbocycles. The zero-order valence-electron chi connectivity index (χ0n) is 11.1. The summed E-state index contributed by atoms with van der Waals surface area (Å²) in [6.45, 7) is 3.53. The zero-order valence-corrected chi connectivity index (χ0v) is 11.1. The minimum Gasteiger partial charge on any atom is -0.357 e. The van der Waals surface area contributed by atoms with Crippen molar-refractivity contribution in [1.82, 2.24) is 14.9 Å². The van der Waals surface area contributed by atoms with Gasteiger partial charge in [-0.05, 0) is 26.2 Å². The summed E-state index contributed by atoms with van der Waals surface area (Å²) < 4.78 is 0. The number of amides is 1. The van der Waals surface area contributed by atoms with E-state index in [0.29, 0.717) is 11.6 Å². The number of hydrogen-bond donors (Lipinski definition) is 3. The van der Waals surface area contributed by atoms with Gasteiger partial charge in [-0.3, -0.25) is 9.78 Å². The fourth-order valence-corrected chi connectivity index (χ4v) is 2.18. The van der Waals surface area contributed by atoms with Gasteiger partial charge >= 0.3 is 0 Å². The van der Waals surface area contributed by atoms with Crippen molar-refractivity contribution < 1.29 is 4.79 Å². The van der Waals surface area contributed by atoms with E-state index in [2.05, 4.69) is 20.7 Å². The molecule has 1 amide bonds. The van der Waals surface area contributed by atoms with Gasteiger partial charge in [0, 0.05) is 13.1 Å². The Labute approximate surface area is 112 Å². The van der Waals surface area contributed by atoms with E-state index < -0.39 is 0 Å². The highest BCUT2D eigenvalue weighted by Crippen LogP contribution is 2.12. The third-order valence-electron chi connectivity index (χ3n) is 3.18. The number of nitrogens with one attached hydrogen (secondary N) is 2. The van der Waals surface area contributed by atoms with Crippen molar-refractivity contribution in [2.45, 2.75) is 32.2 Å². The number of rotatable bonds is 4. The van der Waals surface area contributed by atoms with Crippen LogP contribution in [0.25, 0.3) is 0 Å². The fourth-order valence-electron chi connectivity index (χ4n) is 2.18. The number of carbonyl (C=O) groups excluding carboxylic acids is 1. The van der Waals surface area contributed by atoms with Crippen molar-refractivity contribution in [2.75, 3.05) is 23.8 Å². The van der Waals surface area contributed by atoms with Gasteiger partial charge in [0.1, 0.15) is 11.9 Å². The second-order valence-corrected chi connectivity index (χ2v) is 4.69. The van der Waals surface area contributed by atoms with Crippen molar-refractivity contribution in [1.29, 1.82) is 0 Å². The Bertz CT molecular complexity index is 432. The molecule has 104 valence electrons. The summed E-state index contributed by atoms with van der Waals surface area (Å²) in [7, 11) is 0. The van der Waals surface area contributed by atoms with Crippen molar-refractivity contribution >= 4 is 17.5 Å². The number of nitrogens with zero attached hydrogens (tertiary/aromatic N) is 3. The topological polar surface area (TPSA) is 96.2 Å². The molecule has 7 nitrogen and oxygen atoms in total. The van der Waals surface area contributed by atoms with E-state index in [4.69, 9.17) is 5.84 Å². The van der Waals surface area contributed by atoms with E-state index in [1.54, 1.807) is 6.20 Å². The number of anilines is 2. The van der Waals surface area contributed by atoms with Gasteiger partial charge in [0.25, 0.3) is 0 Å². The van der Waals surface area contributed by atoms with Crippen LogP contribution in [-0.2, 0) is 4.79 Å². The van der Waals surface area contributed by atoms with Gasteiger partial charge in [-0.2, -0.15) is 0 Å². The molecule has 0 bridgehead atoms. The smallest absolute Gasteiger partial charge is 0.244 e. The highest BCUT2D eigenvalue weighted by Gasteiger charge is 2.22. The molecule has 2 rings (SSSR count). The van der Waals surface area contributed by atoms with Gasteiger partial charge in [-0.15, -0.1) is 0 Å². The summed E-state index contributed by atoms with van der Waals surface area (Å²) in [5, 5.41) is 3.05. The molecule has 4 N–H and O–H groups in total. The van der Waals surface area contributed by atoms with Crippen molar-refractivity contribution in [3.63, 3.8) is 0 Å². The molecule has 1 aliphatic rings. The summed E-state index contributed by atoms with van der Waals surface area (Å²) in [6.07, 6.45) is 6.47. The first-order valence-electron chi connectivity index (χ1n) is 6.54. The third-order valence-corrected chi connectivity index (χ3v) is 3.18. The molecule has 19 heavy (non-hydrogen) atoms. The monoisotopic (exact) mass is 264 g/mol. The molecule has 2 heterocycles. The Hall–Kier alpha value is -1.89. The number of hydrazine groups is 1. The number of carbonyl (C=O) groups is 1. The summed E-state index contributed by atoms with van der Waals surface area (Å²) >= 11 is 0. The highest BCUT2D eigenvalue weighted by atomic mass is 16.2. The molecule has 1 aromatic heterocycles. The Morgan fingerprint density at radius 1 is 1.32 bits per heavy atom. The Kier molecular flexibility index (Phi) is 4.51. The molecule has 0 aromatic carbocycles. The first kappa shape index (κ1) is 13.5. The van der Waals surface area contributed by atoms with Gasteiger partial charge < -0.3 is 15.6 Å². The summed E-state index contributed by atoms with van der Waals surface area (Å²) in [5.74, 6) is 6.37. The fraction of sp³-hybridized carbons (Fsp3) is 0.583. The summed E-state index contributed by atoms with van der Waals surface area (Å²) in [4.78, 5) is 22.3. The predicted octanol–water partition coefficient (Wildman–Crippen LogP) is 0.575. The highest BCUT2D eigenvalue weighted by molar-refractivity contribution is 5.84. The standard InChI is InChI=1S/C12H20N6O/c1-9(12(19)18-5-3-2-4-6-18)15-10-7-14-8-11(16-10)17-13/h7-9H,2-6,13H2,1H3,(H2,15,16,17). The number of likely N-dealkylation sites (tertiary alicyclic amines) is 1. The molecule has 7 heteroatoms. The number of aromatic nitrogens is 2. The van der Waals surface area contributed by atoms with Crippen LogP contribution in [0.2, 0.25) is 0 Å². The SMILES string of the molecule is CC(Nc1cncc(NN)n1)C(=O)N1CCCCC1. The van der Waals surface area contributed by atoms with E-state index in [0.717, 1.165) is 25.9 Å². The molecule has 0 radical (unpaired) electrons. The van der Waals surface area contributed by atoms with Crippen molar-refractivity contribution in [3.8, 4) is 0 Å². The van der Waals surface area contributed by atoms with Crippen molar-refractivity contribution in [2.24, 2.45) is 5.84 Å². The van der Waals surface area contributed by atoms with Crippen LogP contribution in [0.5, 0.6) is 0 Å². The van der Waals surface area contributed by atoms with E-state index in [-0.39, 0.29) is 11.9 Å². The molecular formula is C12H20N6O. The minimum atomic E-state index is -0.319. The Morgan fingerprint density at radius 2 is 2.00 bits per heavy atom. The van der Waals surface area contributed by atoms with Gasteiger partial charge in [-0.1, -0.05) is 0 Å². The van der Waals surface area contributed by atoms with E-state index in [1.807, 2.05) is 11.8 Å². The van der Waals surface area contributed by atoms with E-state index in [1.165, 1.54) is 12.6 Å². The first-order valence-corrected chi connectivity index (χ1v) is 6.54. The maximum absolute atomic E-state index is 12.2. The van der Waals surface area contributed by atoms with Crippen LogP contribution in [0.3, 0.4) is 0 Å². The van der Waals surface area contributed by atoms with Gasteiger partial charge in [0.2, 0.25) is 5.91 Å². The Morgan fingerprint density at radius 3 is 2.68 bits per heavy atom. The maximum Gasteiger partial charge on any atom is 0.244 e. The lowest BCUT2D eigenvalue weighted by atomic mass is 10.1. The number of hydrogen-bond acceptors (Lipinski definition) is 6. The second-order valence-electron chi connectivity index (χ2n) is 4.69. The molecule has 1 atom stereocenters. The first-order chi connectivity index (χ1) is 9.20. The van der Waals surface area contributed by atoms with Crippen LogP contribution >= 0.6 is 0 Å². The van der Waals surface area contributed by atoms with Gasteiger partial charge in [0.15, 0.2) is 5.82 Å². The molecule has 1 aliphatic heterocycles. The van der Waals surface area contributed by atoms with Crippen LogP contribution in [-0.4, -0.2) is 39.9 Å². The lowest BCUT2D eigenvalue weighted by Gasteiger charge is -2.29. The number of nitrogen functional groups attached to an aromatic ring is 1. The average molecular weight is 264 g/mol. The second kappa shape index (κ2) is 6.33. The molecular weight excluding hydrogens is 244 g/mol. The molecule has 1 aromatic rings. The van der Waals surface area contributed by atoms with Crippen LogP contribution in [0, 0.1) is 0 Å². The normalized spacial score (nSPS) is 16.8. The van der Waals surface area contributed by atoms with Crippen LogP contribution < -0.4 is 16.6 Å². The summed E-state index contributed by atoms with van der Waals surface area (Å²) in [5.41, 5.74) is 2.42. The van der Waals surface area contributed by atoms with Crippen molar-refractivity contribution in [3.05, 3.63) is 12.4 Å². The van der Waals surface area contributed by atoms with Gasteiger partial charge in [0.05, 0.1) is 12.4 Å². The quantitative estimate of drug-likeness (QED) is 0.543. The van der Waals surface area contributed by atoms with Crippen LogP contribution in [0.4, 0.5) is 11.6 Å². The largest absolute Gasteiger partial charge is 0.357 e. The van der Waals surface area contributed by atoms with E-state index in [9.17, 15) is 4.79 Å². The maximum atomic E-state index is 12.2. The predicted molar refractivity (Wildman–Crippen MR) is 73.4 cm³/mol. The summed E-state index contributed by atoms with van der Waals surface area (Å²) in [6, 6.07) is -0.319. The molecule has 0 spiro atoms. The molecule has 0 saturated carbocycles. The minimum absolute atomic E-state index is 0.104. The van der Waals surface area contributed by atoms with Crippen LogP contribution in [0.15, 0.2) is 12.4 Å². The average Bonchev–Trinajstić information content (AvgIpc) is 2.47. The number of nitrogens with two attached hydrogens (primary N) is 1. The zero-order chi connectivity index (χ0) is 13.7. The molecule has 1 saturated heterocycles.